The number of aryl methyl sites for hydroxylation is 1. The van der Waals surface area contributed by atoms with E-state index >= 15 is 0 Å². The third-order valence-electron chi connectivity index (χ3n) is 2.73. The van der Waals surface area contributed by atoms with Gasteiger partial charge in [0.2, 0.25) is 0 Å². The first-order valence-electron chi connectivity index (χ1n) is 6.00. The van der Waals surface area contributed by atoms with Crippen molar-refractivity contribution < 1.29 is 9.47 Å². The summed E-state index contributed by atoms with van der Waals surface area (Å²) in [4.78, 5) is 0. The number of hydrogen-bond acceptors (Lipinski definition) is 3. The highest BCUT2D eigenvalue weighted by Crippen LogP contribution is 2.18. The molecule has 0 saturated carbocycles. The van der Waals surface area contributed by atoms with E-state index in [9.17, 15) is 0 Å². The summed E-state index contributed by atoms with van der Waals surface area (Å²) in [7, 11) is 3.44. The lowest BCUT2D eigenvalue weighted by Crippen LogP contribution is -2.23. The van der Waals surface area contributed by atoms with Gasteiger partial charge >= 0.3 is 0 Å². The molecule has 0 heterocycles. The van der Waals surface area contributed by atoms with Crippen LogP contribution in [0.25, 0.3) is 0 Å². The molecule has 0 amide bonds. The SMILES string of the molecule is COCC(C)CNCc1ccc(OC)c(C)c1. The Bertz CT molecular complexity index is 339. The minimum atomic E-state index is 0.541. The minimum Gasteiger partial charge on any atom is -0.496 e. The van der Waals surface area contributed by atoms with Gasteiger partial charge in [-0.25, -0.2) is 0 Å². The Morgan fingerprint density at radius 2 is 2.06 bits per heavy atom. The number of rotatable bonds is 7. The summed E-state index contributed by atoms with van der Waals surface area (Å²) >= 11 is 0. The average Bonchev–Trinajstić information content (AvgIpc) is 2.29. The fourth-order valence-electron chi connectivity index (χ4n) is 1.86. The van der Waals surface area contributed by atoms with Crippen molar-refractivity contribution >= 4 is 0 Å². The fraction of sp³-hybridized carbons (Fsp3) is 0.571. The van der Waals surface area contributed by atoms with Crippen molar-refractivity contribution in [1.29, 1.82) is 0 Å². The number of ether oxygens (including phenoxy) is 2. The van der Waals surface area contributed by atoms with Gasteiger partial charge in [-0.2, -0.15) is 0 Å². The summed E-state index contributed by atoms with van der Waals surface area (Å²) in [5, 5.41) is 3.43. The van der Waals surface area contributed by atoms with Crippen molar-refractivity contribution in [3.8, 4) is 5.75 Å². The van der Waals surface area contributed by atoms with Crippen LogP contribution >= 0.6 is 0 Å². The molecule has 0 aromatic heterocycles. The molecule has 3 heteroatoms. The molecular weight excluding hydrogens is 214 g/mol. The number of benzene rings is 1. The van der Waals surface area contributed by atoms with Gasteiger partial charge in [0.05, 0.1) is 7.11 Å². The van der Waals surface area contributed by atoms with E-state index in [0.29, 0.717) is 5.92 Å². The van der Waals surface area contributed by atoms with E-state index in [2.05, 4.69) is 31.3 Å². The smallest absolute Gasteiger partial charge is 0.121 e. The highest BCUT2D eigenvalue weighted by atomic mass is 16.5. The van der Waals surface area contributed by atoms with Gasteiger partial charge in [0, 0.05) is 26.8 Å². The Morgan fingerprint density at radius 3 is 2.65 bits per heavy atom. The van der Waals surface area contributed by atoms with Gasteiger partial charge < -0.3 is 14.8 Å². The van der Waals surface area contributed by atoms with Crippen LogP contribution in [0, 0.1) is 12.8 Å². The molecule has 1 aromatic carbocycles. The Kier molecular flexibility index (Phi) is 6.01. The summed E-state index contributed by atoms with van der Waals surface area (Å²) in [6.45, 7) is 6.90. The molecule has 1 rings (SSSR count). The monoisotopic (exact) mass is 237 g/mol. The molecule has 0 aliphatic heterocycles. The predicted octanol–water partition coefficient (Wildman–Crippen LogP) is 2.38. The van der Waals surface area contributed by atoms with E-state index < -0.39 is 0 Å². The van der Waals surface area contributed by atoms with E-state index in [1.54, 1.807) is 14.2 Å². The predicted molar refractivity (Wildman–Crippen MR) is 70.5 cm³/mol. The molecule has 0 aliphatic carbocycles. The molecule has 0 saturated heterocycles. The summed E-state index contributed by atoms with van der Waals surface area (Å²) in [5.41, 5.74) is 2.46. The third-order valence-corrected chi connectivity index (χ3v) is 2.73. The van der Waals surface area contributed by atoms with Crippen LogP contribution in [0.15, 0.2) is 18.2 Å². The highest BCUT2D eigenvalue weighted by molar-refractivity contribution is 5.36. The van der Waals surface area contributed by atoms with Gasteiger partial charge in [-0.3, -0.25) is 0 Å². The van der Waals surface area contributed by atoms with Crippen LogP contribution < -0.4 is 10.1 Å². The number of hydrogen-bond donors (Lipinski definition) is 1. The van der Waals surface area contributed by atoms with Crippen LogP contribution in [0.2, 0.25) is 0 Å². The first-order chi connectivity index (χ1) is 8.17. The normalized spacial score (nSPS) is 12.5. The van der Waals surface area contributed by atoms with Crippen molar-refractivity contribution in [2.24, 2.45) is 5.92 Å². The second-order valence-corrected chi connectivity index (χ2v) is 4.50. The first-order valence-corrected chi connectivity index (χ1v) is 6.00. The van der Waals surface area contributed by atoms with Gasteiger partial charge in [0.25, 0.3) is 0 Å². The van der Waals surface area contributed by atoms with Gasteiger partial charge in [-0.1, -0.05) is 19.1 Å². The van der Waals surface area contributed by atoms with E-state index in [0.717, 1.165) is 25.4 Å². The van der Waals surface area contributed by atoms with Crippen molar-refractivity contribution in [2.45, 2.75) is 20.4 Å². The Balaban J connectivity index is 2.39. The van der Waals surface area contributed by atoms with E-state index in [1.165, 1.54) is 11.1 Å². The van der Waals surface area contributed by atoms with Crippen molar-refractivity contribution in [2.75, 3.05) is 27.4 Å². The third kappa shape index (κ3) is 4.75. The zero-order valence-corrected chi connectivity index (χ0v) is 11.2. The van der Waals surface area contributed by atoms with Crippen molar-refractivity contribution in [3.63, 3.8) is 0 Å². The lowest BCUT2D eigenvalue weighted by molar-refractivity contribution is 0.158. The van der Waals surface area contributed by atoms with Crippen LogP contribution in [0.5, 0.6) is 5.75 Å². The lowest BCUT2D eigenvalue weighted by atomic mass is 10.1. The molecule has 1 aromatic rings. The molecule has 1 N–H and O–H groups in total. The van der Waals surface area contributed by atoms with E-state index in [1.807, 2.05) is 6.07 Å². The molecule has 3 nitrogen and oxygen atoms in total. The van der Waals surface area contributed by atoms with Gasteiger partial charge in [0.15, 0.2) is 0 Å². The van der Waals surface area contributed by atoms with Gasteiger partial charge in [-0.15, -0.1) is 0 Å². The van der Waals surface area contributed by atoms with Gasteiger partial charge in [0.1, 0.15) is 5.75 Å². The molecule has 0 fully saturated rings. The Hall–Kier alpha value is -1.06. The molecule has 0 radical (unpaired) electrons. The maximum Gasteiger partial charge on any atom is 0.121 e. The second-order valence-electron chi connectivity index (χ2n) is 4.50. The summed E-state index contributed by atoms with van der Waals surface area (Å²) in [6.07, 6.45) is 0. The molecule has 1 unspecified atom stereocenters. The molecule has 1 atom stereocenters. The standard InChI is InChI=1S/C14H23NO2/c1-11(10-16-3)8-15-9-13-5-6-14(17-4)12(2)7-13/h5-7,11,15H,8-10H2,1-4H3. The minimum absolute atomic E-state index is 0.541. The largest absolute Gasteiger partial charge is 0.496 e. The van der Waals surface area contributed by atoms with Crippen LogP contribution in [0.3, 0.4) is 0 Å². The topological polar surface area (TPSA) is 30.5 Å². The second kappa shape index (κ2) is 7.30. The average molecular weight is 237 g/mol. The quantitative estimate of drug-likeness (QED) is 0.790. The zero-order chi connectivity index (χ0) is 12.7. The van der Waals surface area contributed by atoms with Crippen molar-refractivity contribution in [3.05, 3.63) is 29.3 Å². The Morgan fingerprint density at radius 1 is 1.29 bits per heavy atom. The maximum atomic E-state index is 5.24. The molecule has 0 bridgehead atoms. The number of methoxy groups -OCH3 is 2. The van der Waals surface area contributed by atoms with Crippen molar-refractivity contribution in [1.82, 2.24) is 5.32 Å². The van der Waals surface area contributed by atoms with E-state index in [4.69, 9.17) is 9.47 Å². The molecular formula is C14H23NO2. The molecule has 0 spiro atoms. The molecule has 0 aliphatic rings. The van der Waals surface area contributed by atoms with Crippen LogP contribution in [0.1, 0.15) is 18.1 Å². The van der Waals surface area contributed by atoms with Crippen LogP contribution in [0.4, 0.5) is 0 Å². The maximum absolute atomic E-state index is 5.24. The first kappa shape index (κ1) is 14.0. The highest BCUT2D eigenvalue weighted by Gasteiger charge is 2.02. The number of nitrogens with one attached hydrogen (secondary N) is 1. The summed E-state index contributed by atoms with van der Waals surface area (Å²) in [6, 6.07) is 6.28. The zero-order valence-electron chi connectivity index (χ0n) is 11.2. The van der Waals surface area contributed by atoms with Gasteiger partial charge in [-0.05, 0) is 30.0 Å². The lowest BCUT2D eigenvalue weighted by Gasteiger charge is -2.12. The van der Waals surface area contributed by atoms with E-state index in [-0.39, 0.29) is 0 Å². The summed E-state index contributed by atoms with van der Waals surface area (Å²) in [5.74, 6) is 1.49. The van der Waals surface area contributed by atoms with Crippen LogP contribution in [-0.2, 0) is 11.3 Å². The Labute approximate surface area is 104 Å². The summed E-state index contributed by atoms with van der Waals surface area (Å²) < 4.78 is 10.3. The fourth-order valence-corrected chi connectivity index (χ4v) is 1.86. The molecule has 17 heavy (non-hydrogen) atoms. The molecule has 96 valence electrons. The van der Waals surface area contributed by atoms with Crippen LogP contribution in [-0.4, -0.2) is 27.4 Å².